The lowest BCUT2D eigenvalue weighted by molar-refractivity contribution is -0.274. The first-order chi connectivity index (χ1) is 8.01. The van der Waals surface area contributed by atoms with Gasteiger partial charge in [-0.3, -0.25) is 0 Å². The molecule has 2 nitrogen and oxygen atoms in total. The Hall–Kier alpha value is -1.67. The van der Waals surface area contributed by atoms with Crippen LogP contribution in [0.5, 0.6) is 5.75 Å². The van der Waals surface area contributed by atoms with E-state index < -0.39 is 6.36 Å². The number of alkyl halides is 3. The van der Waals surface area contributed by atoms with Gasteiger partial charge < -0.3 is 10.1 Å². The van der Waals surface area contributed by atoms with Gasteiger partial charge in [0.1, 0.15) is 5.75 Å². The van der Waals surface area contributed by atoms with Crippen molar-refractivity contribution in [3.63, 3.8) is 0 Å². The van der Waals surface area contributed by atoms with Crippen LogP contribution >= 0.6 is 0 Å². The van der Waals surface area contributed by atoms with Crippen LogP contribution in [-0.2, 0) is 6.54 Å². The SMILES string of the molecule is CC#CCNCc1cccc(OC(F)(F)F)c1. The van der Waals surface area contributed by atoms with Crippen LogP contribution in [0.1, 0.15) is 12.5 Å². The van der Waals surface area contributed by atoms with E-state index in [0.29, 0.717) is 18.7 Å². The quantitative estimate of drug-likeness (QED) is 0.648. The average Bonchev–Trinajstić information content (AvgIpc) is 2.23. The third-order valence-corrected chi connectivity index (χ3v) is 1.85. The fourth-order valence-corrected chi connectivity index (χ4v) is 1.21. The van der Waals surface area contributed by atoms with E-state index in [4.69, 9.17) is 0 Å². The molecule has 0 aliphatic heterocycles. The summed E-state index contributed by atoms with van der Waals surface area (Å²) in [5.74, 6) is 5.30. The molecule has 0 unspecified atom stereocenters. The number of nitrogens with one attached hydrogen (secondary N) is 1. The zero-order valence-corrected chi connectivity index (χ0v) is 9.27. The standard InChI is InChI=1S/C12H12F3NO/c1-2-3-7-16-9-10-5-4-6-11(8-10)17-12(13,14)15/h4-6,8,16H,7,9H2,1H3. The summed E-state index contributed by atoms with van der Waals surface area (Å²) in [5.41, 5.74) is 0.713. The molecule has 0 amide bonds. The highest BCUT2D eigenvalue weighted by Crippen LogP contribution is 2.23. The van der Waals surface area contributed by atoms with Crippen molar-refractivity contribution in [2.24, 2.45) is 0 Å². The number of ether oxygens (including phenoxy) is 1. The van der Waals surface area contributed by atoms with Gasteiger partial charge in [-0.2, -0.15) is 0 Å². The van der Waals surface area contributed by atoms with Gasteiger partial charge >= 0.3 is 6.36 Å². The maximum Gasteiger partial charge on any atom is 0.573 e. The normalized spacial score (nSPS) is 10.6. The molecule has 92 valence electrons. The van der Waals surface area contributed by atoms with E-state index >= 15 is 0 Å². The van der Waals surface area contributed by atoms with Gasteiger partial charge in [-0.25, -0.2) is 0 Å². The number of benzene rings is 1. The largest absolute Gasteiger partial charge is 0.573 e. The fraction of sp³-hybridized carbons (Fsp3) is 0.333. The van der Waals surface area contributed by atoms with Crippen molar-refractivity contribution in [1.82, 2.24) is 5.32 Å². The summed E-state index contributed by atoms with van der Waals surface area (Å²) in [6.45, 7) is 2.67. The van der Waals surface area contributed by atoms with Crippen molar-refractivity contribution in [3.8, 4) is 17.6 Å². The number of rotatable bonds is 4. The molecular weight excluding hydrogens is 231 g/mol. The molecule has 1 aromatic carbocycles. The molecule has 5 heteroatoms. The highest BCUT2D eigenvalue weighted by Gasteiger charge is 2.30. The summed E-state index contributed by atoms with van der Waals surface area (Å²) in [6.07, 6.45) is -4.65. The molecule has 0 aliphatic carbocycles. The lowest BCUT2D eigenvalue weighted by Gasteiger charge is -2.10. The minimum atomic E-state index is -4.65. The number of hydrogen-bond acceptors (Lipinski definition) is 2. The van der Waals surface area contributed by atoms with Gasteiger partial charge in [0.2, 0.25) is 0 Å². The van der Waals surface area contributed by atoms with Gasteiger partial charge in [0.05, 0.1) is 6.54 Å². The van der Waals surface area contributed by atoms with Gasteiger partial charge in [-0.1, -0.05) is 18.1 Å². The Balaban J connectivity index is 2.55. The first kappa shape index (κ1) is 13.4. The summed E-state index contributed by atoms with van der Waals surface area (Å²) in [4.78, 5) is 0. The molecule has 0 saturated carbocycles. The summed E-state index contributed by atoms with van der Waals surface area (Å²) >= 11 is 0. The van der Waals surface area contributed by atoms with Crippen molar-refractivity contribution in [3.05, 3.63) is 29.8 Å². The Morgan fingerprint density at radius 1 is 1.35 bits per heavy atom. The second-order valence-corrected chi connectivity index (χ2v) is 3.23. The summed E-state index contributed by atoms with van der Waals surface area (Å²) < 4.78 is 39.7. The lowest BCUT2D eigenvalue weighted by atomic mass is 10.2. The van der Waals surface area contributed by atoms with Crippen LogP contribution in [0.25, 0.3) is 0 Å². The molecule has 0 saturated heterocycles. The molecular formula is C12H12F3NO. The summed E-state index contributed by atoms with van der Waals surface area (Å²) in [5, 5.41) is 2.98. The average molecular weight is 243 g/mol. The topological polar surface area (TPSA) is 21.3 Å². The van der Waals surface area contributed by atoms with Crippen LogP contribution in [0.3, 0.4) is 0 Å². The van der Waals surface area contributed by atoms with Crippen molar-refractivity contribution < 1.29 is 17.9 Å². The zero-order chi connectivity index (χ0) is 12.7. The van der Waals surface area contributed by atoms with Crippen molar-refractivity contribution >= 4 is 0 Å². The zero-order valence-electron chi connectivity index (χ0n) is 9.27. The van der Waals surface area contributed by atoms with E-state index in [1.54, 1.807) is 13.0 Å². The molecule has 1 rings (SSSR count). The second-order valence-electron chi connectivity index (χ2n) is 3.23. The van der Waals surface area contributed by atoms with E-state index in [2.05, 4.69) is 21.9 Å². The van der Waals surface area contributed by atoms with Gasteiger partial charge in [-0.05, 0) is 24.6 Å². The number of hydrogen-bond donors (Lipinski definition) is 1. The molecule has 0 spiro atoms. The first-order valence-corrected chi connectivity index (χ1v) is 4.96. The molecule has 1 aromatic rings. The van der Waals surface area contributed by atoms with Gasteiger partial charge in [-0.15, -0.1) is 19.1 Å². The monoisotopic (exact) mass is 243 g/mol. The molecule has 0 heterocycles. The van der Waals surface area contributed by atoms with Crippen molar-refractivity contribution in [2.45, 2.75) is 19.8 Å². The molecule has 1 N–H and O–H groups in total. The third-order valence-electron chi connectivity index (χ3n) is 1.85. The Kier molecular flexibility index (Phi) is 4.85. The predicted molar refractivity (Wildman–Crippen MR) is 58.3 cm³/mol. The Bertz CT molecular complexity index is 418. The second kappa shape index (κ2) is 6.16. The van der Waals surface area contributed by atoms with Crippen LogP contribution in [0.15, 0.2) is 24.3 Å². The van der Waals surface area contributed by atoms with Crippen LogP contribution in [0.2, 0.25) is 0 Å². The Labute approximate surface area is 97.8 Å². The van der Waals surface area contributed by atoms with E-state index in [1.165, 1.54) is 18.2 Å². The highest BCUT2D eigenvalue weighted by molar-refractivity contribution is 5.28. The van der Waals surface area contributed by atoms with Crippen molar-refractivity contribution in [1.29, 1.82) is 0 Å². The molecule has 0 aromatic heterocycles. The minimum absolute atomic E-state index is 0.210. The molecule has 0 atom stereocenters. The fourth-order valence-electron chi connectivity index (χ4n) is 1.21. The minimum Gasteiger partial charge on any atom is -0.406 e. The first-order valence-electron chi connectivity index (χ1n) is 4.96. The van der Waals surface area contributed by atoms with Crippen molar-refractivity contribution in [2.75, 3.05) is 6.54 Å². The Morgan fingerprint density at radius 3 is 2.76 bits per heavy atom. The lowest BCUT2D eigenvalue weighted by Crippen LogP contribution is -2.17. The van der Waals surface area contributed by atoms with Crippen LogP contribution < -0.4 is 10.1 Å². The maximum atomic E-state index is 12.0. The molecule has 0 radical (unpaired) electrons. The van der Waals surface area contributed by atoms with E-state index in [0.717, 1.165) is 0 Å². The molecule has 0 fully saturated rings. The third kappa shape index (κ3) is 5.83. The molecule has 0 aliphatic rings. The summed E-state index contributed by atoms with van der Waals surface area (Å²) in [7, 11) is 0. The summed E-state index contributed by atoms with van der Waals surface area (Å²) in [6, 6.07) is 5.85. The van der Waals surface area contributed by atoms with Gasteiger partial charge in [0, 0.05) is 6.54 Å². The van der Waals surface area contributed by atoms with Crippen LogP contribution in [0.4, 0.5) is 13.2 Å². The van der Waals surface area contributed by atoms with E-state index in [-0.39, 0.29) is 5.75 Å². The Morgan fingerprint density at radius 2 is 2.12 bits per heavy atom. The molecule has 17 heavy (non-hydrogen) atoms. The van der Waals surface area contributed by atoms with Crippen LogP contribution in [-0.4, -0.2) is 12.9 Å². The maximum absolute atomic E-state index is 12.0. The molecule has 0 bridgehead atoms. The highest BCUT2D eigenvalue weighted by atomic mass is 19.4. The van der Waals surface area contributed by atoms with Gasteiger partial charge in [0.25, 0.3) is 0 Å². The van der Waals surface area contributed by atoms with E-state index in [1.807, 2.05) is 0 Å². The van der Waals surface area contributed by atoms with Gasteiger partial charge in [0.15, 0.2) is 0 Å². The van der Waals surface area contributed by atoms with Crippen LogP contribution in [0, 0.1) is 11.8 Å². The van der Waals surface area contributed by atoms with E-state index in [9.17, 15) is 13.2 Å². The smallest absolute Gasteiger partial charge is 0.406 e. The number of halogens is 3. The predicted octanol–water partition coefficient (Wildman–Crippen LogP) is 2.70.